The number of nitrogen functional groups attached to an aromatic ring is 1. The van der Waals surface area contributed by atoms with E-state index in [0.717, 1.165) is 31.0 Å². The number of anilines is 4. The van der Waals surface area contributed by atoms with Gasteiger partial charge in [-0.2, -0.15) is 0 Å². The first kappa shape index (κ1) is 25.7. The Kier molecular flexibility index (Phi) is 7.57. The number of hydrogen-bond acceptors (Lipinski definition) is 7. The van der Waals surface area contributed by atoms with Gasteiger partial charge >= 0.3 is 0 Å². The molecule has 4 N–H and O–H groups in total. The van der Waals surface area contributed by atoms with Gasteiger partial charge in [0.1, 0.15) is 12.1 Å². The van der Waals surface area contributed by atoms with Crippen LogP contribution in [0.3, 0.4) is 0 Å². The van der Waals surface area contributed by atoms with Crippen molar-refractivity contribution >= 4 is 67.5 Å². The van der Waals surface area contributed by atoms with Gasteiger partial charge in [0.25, 0.3) is 5.91 Å². The zero-order valence-corrected chi connectivity index (χ0v) is 23.2. The van der Waals surface area contributed by atoms with Crippen LogP contribution in [0, 0.1) is 0 Å². The zero-order valence-electron chi connectivity index (χ0n) is 20.8. The molecule has 38 heavy (non-hydrogen) atoms. The minimum Gasteiger partial charge on any atom is -0.399 e. The lowest BCUT2D eigenvalue weighted by molar-refractivity contribution is 0.102. The van der Waals surface area contributed by atoms with Crippen LogP contribution in [0.4, 0.5) is 22.9 Å². The molecule has 2 heterocycles. The molecule has 7 nitrogen and oxygen atoms in total. The first-order chi connectivity index (χ1) is 18.4. The van der Waals surface area contributed by atoms with Crippen LogP contribution < -0.4 is 16.4 Å². The topological polar surface area (TPSA) is 106 Å². The summed E-state index contributed by atoms with van der Waals surface area (Å²) in [5.41, 5.74) is 10.2. The van der Waals surface area contributed by atoms with Crippen LogP contribution in [0.15, 0.2) is 99.5 Å². The molecule has 0 unspecified atom stereocenters. The summed E-state index contributed by atoms with van der Waals surface area (Å²) in [6.07, 6.45) is 1.51. The molecule has 0 spiro atoms. The number of rotatable bonds is 7. The maximum Gasteiger partial charge on any atom is 0.255 e. The van der Waals surface area contributed by atoms with E-state index >= 15 is 0 Å². The third-order valence-corrected chi connectivity index (χ3v) is 7.37. The molecule has 5 aromatic rings. The average molecular weight is 586 g/mol. The van der Waals surface area contributed by atoms with Gasteiger partial charge in [0.05, 0.1) is 11.1 Å². The smallest absolute Gasteiger partial charge is 0.255 e. The highest BCUT2D eigenvalue weighted by atomic mass is 79.9. The molecule has 0 atom stereocenters. The van der Waals surface area contributed by atoms with E-state index in [1.165, 1.54) is 6.33 Å². The van der Waals surface area contributed by atoms with E-state index in [-0.39, 0.29) is 5.91 Å². The minimum absolute atomic E-state index is 0.200. The van der Waals surface area contributed by atoms with Gasteiger partial charge in [-0.25, -0.2) is 15.0 Å². The number of halogens is 1. The van der Waals surface area contributed by atoms with Crippen molar-refractivity contribution in [3.8, 4) is 0 Å². The summed E-state index contributed by atoms with van der Waals surface area (Å²) in [6.45, 7) is 4.20. The number of pyridine rings is 1. The van der Waals surface area contributed by atoms with Crippen LogP contribution in [0.25, 0.3) is 11.0 Å². The zero-order chi connectivity index (χ0) is 26.6. The summed E-state index contributed by atoms with van der Waals surface area (Å²) in [4.78, 5) is 28.5. The number of carbonyl (C=O) groups is 1. The molecule has 0 aliphatic rings. The predicted octanol–water partition coefficient (Wildman–Crippen LogP) is 7.64. The van der Waals surface area contributed by atoms with Crippen molar-refractivity contribution in [2.75, 3.05) is 16.4 Å². The van der Waals surface area contributed by atoms with E-state index in [1.54, 1.807) is 23.9 Å². The Morgan fingerprint density at radius 2 is 1.79 bits per heavy atom. The first-order valence-corrected chi connectivity index (χ1v) is 13.6. The van der Waals surface area contributed by atoms with E-state index < -0.39 is 0 Å². The van der Waals surface area contributed by atoms with Crippen molar-refractivity contribution in [3.63, 3.8) is 0 Å². The minimum atomic E-state index is -0.200. The van der Waals surface area contributed by atoms with Gasteiger partial charge in [0.15, 0.2) is 5.65 Å². The van der Waals surface area contributed by atoms with Crippen LogP contribution in [0.2, 0.25) is 0 Å². The molecule has 1 amide bonds. The largest absolute Gasteiger partial charge is 0.399 e. The molecule has 190 valence electrons. The van der Waals surface area contributed by atoms with Crippen LogP contribution in [0.5, 0.6) is 0 Å². The molecule has 0 radical (unpaired) electrons. The molecular formula is C29H25BrN6OS. The number of nitrogens with one attached hydrogen (secondary N) is 2. The van der Waals surface area contributed by atoms with Crippen molar-refractivity contribution in [2.24, 2.45) is 0 Å². The van der Waals surface area contributed by atoms with E-state index in [4.69, 9.17) is 10.7 Å². The van der Waals surface area contributed by atoms with Gasteiger partial charge in [-0.1, -0.05) is 47.6 Å². The van der Waals surface area contributed by atoms with Crippen molar-refractivity contribution in [3.05, 3.63) is 101 Å². The van der Waals surface area contributed by atoms with Gasteiger partial charge in [0, 0.05) is 36.9 Å². The Labute approximate surface area is 233 Å². The van der Waals surface area contributed by atoms with Gasteiger partial charge in [-0.05, 0) is 78.7 Å². The van der Waals surface area contributed by atoms with Gasteiger partial charge < -0.3 is 16.4 Å². The number of amides is 1. The van der Waals surface area contributed by atoms with Crippen LogP contribution in [-0.2, 0) is 0 Å². The van der Waals surface area contributed by atoms with E-state index in [2.05, 4.69) is 50.4 Å². The van der Waals surface area contributed by atoms with Crippen LogP contribution >= 0.6 is 27.7 Å². The second kappa shape index (κ2) is 11.2. The summed E-state index contributed by atoms with van der Waals surface area (Å²) in [7, 11) is 0. The second-order valence-corrected chi connectivity index (χ2v) is 11.0. The number of carbonyl (C=O) groups excluding carboxylic acids is 1. The highest BCUT2D eigenvalue weighted by Crippen LogP contribution is 2.37. The van der Waals surface area contributed by atoms with Crippen LogP contribution in [0.1, 0.15) is 35.8 Å². The molecule has 0 saturated carbocycles. The first-order valence-electron chi connectivity index (χ1n) is 12.0. The van der Waals surface area contributed by atoms with Crippen molar-refractivity contribution < 1.29 is 4.79 Å². The fraction of sp³-hybridized carbons (Fsp3) is 0.103. The molecular weight excluding hydrogens is 560 g/mol. The lowest BCUT2D eigenvalue weighted by atomic mass is 10.1. The van der Waals surface area contributed by atoms with Crippen molar-refractivity contribution in [1.82, 2.24) is 15.0 Å². The van der Waals surface area contributed by atoms with E-state index in [1.807, 2.05) is 66.7 Å². The van der Waals surface area contributed by atoms with E-state index in [0.29, 0.717) is 34.3 Å². The molecule has 0 aliphatic carbocycles. The lowest BCUT2D eigenvalue weighted by Gasteiger charge is -2.15. The normalized spacial score (nSPS) is 11.1. The van der Waals surface area contributed by atoms with Gasteiger partial charge in [0.2, 0.25) is 0 Å². The van der Waals surface area contributed by atoms with Gasteiger partial charge in [-0.3, -0.25) is 4.79 Å². The number of nitrogens with zero attached hydrogens (tertiary/aromatic N) is 3. The highest BCUT2D eigenvalue weighted by molar-refractivity contribution is 9.10. The summed E-state index contributed by atoms with van der Waals surface area (Å²) >= 11 is 5.01. The second-order valence-electron chi connectivity index (χ2n) is 8.96. The highest BCUT2D eigenvalue weighted by Gasteiger charge is 2.14. The standard InChI is InChI=1S/C29H25BrN6OS/c1-17(2)24-12-11-23-27(35-24)32-16-33-28(23)36-25-15-21(34-29(37)18-4-3-5-19(30)14-18)8-13-26(25)38-22-9-6-20(31)7-10-22/h3-17H,31H2,1-2H3,(H,34,37)(H,32,33,35,36). The summed E-state index contributed by atoms with van der Waals surface area (Å²) in [6, 6.07) is 24.7. The third kappa shape index (κ3) is 5.95. The Hall–Kier alpha value is -3.95. The molecule has 0 bridgehead atoms. The SMILES string of the molecule is CC(C)c1ccc2c(Nc3cc(NC(=O)c4cccc(Br)c4)ccc3Sc3ccc(N)cc3)ncnc2n1. The fourth-order valence-electron chi connectivity index (χ4n) is 3.80. The predicted molar refractivity (Wildman–Crippen MR) is 158 cm³/mol. The number of nitrogens with two attached hydrogens (primary N) is 1. The number of hydrogen-bond donors (Lipinski definition) is 3. The maximum atomic E-state index is 12.9. The average Bonchev–Trinajstić information content (AvgIpc) is 2.91. The van der Waals surface area contributed by atoms with E-state index in [9.17, 15) is 4.79 Å². The molecule has 9 heteroatoms. The Morgan fingerprint density at radius 1 is 0.974 bits per heavy atom. The molecule has 2 aromatic heterocycles. The number of fused-ring (bicyclic) bond motifs is 1. The lowest BCUT2D eigenvalue weighted by Crippen LogP contribution is -2.12. The summed E-state index contributed by atoms with van der Waals surface area (Å²) in [5, 5.41) is 7.27. The number of benzene rings is 3. The Balaban J connectivity index is 1.51. The molecule has 0 fully saturated rings. The third-order valence-electron chi connectivity index (χ3n) is 5.80. The van der Waals surface area contributed by atoms with Crippen molar-refractivity contribution in [1.29, 1.82) is 0 Å². The maximum absolute atomic E-state index is 12.9. The molecule has 0 aliphatic heterocycles. The fourth-order valence-corrected chi connectivity index (χ4v) is 5.08. The summed E-state index contributed by atoms with van der Waals surface area (Å²) in [5.74, 6) is 0.723. The monoisotopic (exact) mass is 584 g/mol. The number of aromatic nitrogens is 3. The quantitative estimate of drug-likeness (QED) is 0.169. The van der Waals surface area contributed by atoms with Crippen LogP contribution in [-0.4, -0.2) is 20.9 Å². The molecule has 3 aromatic carbocycles. The Bertz CT molecular complexity index is 1620. The molecule has 5 rings (SSSR count). The Morgan fingerprint density at radius 3 is 2.55 bits per heavy atom. The van der Waals surface area contributed by atoms with Gasteiger partial charge in [-0.15, -0.1) is 0 Å². The molecule has 0 saturated heterocycles. The van der Waals surface area contributed by atoms with Crippen molar-refractivity contribution in [2.45, 2.75) is 29.6 Å². The summed E-state index contributed by atoms with van der Waals surface area (Å²) < 4.78 is 0.840.